The van der Waals surface area contributed by atoms with Crippen LogP contribution in [-0.2, 0) is 4.79 Å². The van der Waals surface area contributed by atoms with E-state index in [1.54, 1.807) is 11.8 Å². The maximum absolute atomic E-state index is 12.4. The fourth-order valence-corrected chi connectivity index (χ4v) is 5.76. The van der Waals surface area contributed by atoms with Gasteiger partial charge in [0.15, 0.2) is 0 Å². The normalized spacial score (nSPS) is 20.9. The Hall–Kier alpha value is -1.81. The predicted molar refractivity (Wildman–Crippen MR) is 117 cm³/mol. The molecule has 2 heterocycles. The highest BCUT2D eigenvalue weighted by Crippen LogP contribution is 2.43. The van der Waals surface area contributed by atoms with E-state index in [2.05, 4.69) is 49.2 Å². The lowest BCUT2D eigenvalue weighted by atomic mass is 9.83. The second-order valence-electron chi connectivity index (χ2n) is 8.52. The van der Waals surface area contributed by atoms with Crippen molar-refractivity contribution in [2.45, 2.75) is 57.2 Å². The molecule has 1 aliphatic heterocycles. The van der Waals surface area contributed by atoms with Gasteiger partial charge in [0.2, 0.25) is 5.91 Å². The molecule has 2 aromatic rings. The number of nitrogens with zero attached hydrogens (tertiary/aromatic N) is 2. The van der Waals surface area contributed by atoms with Crippen LogP contribution in [0.3, 0.4) is 0 Å². The minimum Gasteiger partial charge on any atom is -0.325 e. The molecule has 4 rings (SSSR count). The molecule has 1 aromatic carbocycles. The first kappa shape index (κ1) is 19.5. The minimum atomic E-state index is 0.0663. The van der Waals surface area contributed by atoms with Crippen molar-refractivity contribution in [2.24, 2.45) is 5.92 Å². The van der Waals surface area contributed by atoms with Crippen LogP contribution in [-0.4, -0.2) is 28.1 Å². The van der Waals surface area contributed by atoms with Gasteiger partial charge in [-0.3, -0.25) is 9.78 Å². The summed E-state index contributed by atoms with van der Waals surface area (Å²) in [6.07, 6.45) is 10.6. The molecule has 3 nitrogen and oxygen atoms in total. The summed E-state index contributed by atoms with van der Waals surface area (Å²) in [6, 6.07) is 11.2. The molecule has 148 valence electrons. The zero-order chi connectivity index (χ0) is 19.5. The van der Waals surface area contributed by atoms with Gasteiger partial charge in [-0.25, -0.2) is 0 Å². The number of aromatic nitrogens is 1. The van der Waals surface area contributed by atoms with Crippen molar-refractivity contribution in [2.75, 3.05) is 12.3 Å². The monoisotopic (exact) mass is 394 g/mol. The van der Waals surface area contributed by atoms with E-state index in [9.17, 15) is 4.79 Å². The molecule has 0 N–H and O–H groups in total. The Morgan fingerprint density at radius 1 is 1.11 bits per heavy atom. The lowest BCUT2D eigenvalue weighted by molar-refractivity contribution is -0.128. The molecular weight excluding hydrogens is 364 g/mol. The molecule has 1 atom stereocenters. The average Bonchev–Trinajstić information content (AvgIpc) is 3.08. The van der Waals surface area contributed by atoms with Gasteiger partial charge < -0.3 is 4.90 Å². The Kier molecular flexibility index (Phi) is 6.05. The quantitative estimate of drug-likeness (QED) is 0.621. The molecule has 1 amide bonds. The van der Waals surface area contributed by atoms with E-state index in [0.717, 1.165) is 18.0 Å². The Balaban J connectivity index is 1.62. The molecular formula is C24H30N2OS. The molecule has 4 heteroatoms. The average molecular weight is 395 g/mol. The topological polar surface area (TPSA) is 33.2 Å². The van der Waals surface area contributed by atoms with Crippen molar-refractivity contribution in [1.82, 2.24) is 9.88 Å². The summed E-state index contributed by atoms with van der Waals surface area (Å²) in [5.41, 5.74) is 5.06. The van der Waals surface area contributed by atoms with Crippen LogP contribution in [0.4, 0.5) is 0 Å². The Labute approximate surface area is 172 Å². The van der Waals surface area contributed by atoms with Gasteiger partial charge in [0.25, 0.3) is 0 Å². The van der Waals surface area contributed by atoms with Crippen molar-refractivity contribution in [3.63, 3.8) is 0 Å². The molecule has 2 aliphatic rings. The van der Waals surface area contributed by atoms with Crippen LogP contribution in [0.2, 0.25) is 0 Å². The minimum absolute atomic E-state index is 0.0663. The van der Waals surface area contributed by atoms with Crippen LogP contribution < -0.4 is 0 Å². The van der Waals surface area contributed by atoms with Gasteiger partial charge in [-0.05, 0) is 47.4 Å². The number of rotatable bonds is 5. The summed E-state index contributed by atoms with van der Waals surface area (Å²) >= 11 is 1.72. The SMILES string of the molecule is CC(C)CN1C(=O)CSC1c1cnccc1-c1ccc(C2CCCCC2)cc1. The van der Waals surface area contributed by atoms with E-state index >= 15 is 0 Å². The van der Waals surface area contributed by atoms with Crippen LogP contribution in [0.1, 0.15) is 68.4 Å². The molecule has 28 heavy (non-hydrogen) atoms. The smallest absolute Gasteiger partial charge is 0.233 e. The van der Waals surface area contributed by atoms with E-state index in [1.807, 2.05) is 17.3 Å². The van der Waals surface area contributed by atoms with Gasteiger partial charge in [0.1, 0.15) is 5.37 Å². The summed E-state index contributed by atoms with van der Waals surface area (Å²) in [6.45, 7) is 5.13. The largest absolute Gasteiger partial charge is 0.325 e. The highest BCUT2D eigenvalue weighted by molar-refractivity contribution is 8.00. The molecule has 1 aliphatic carbocycles. The Morgan fingerprint density at radius 2 is 1.86 bits per heavy atom. The number of carbonyl (C=O) groups is 1. The zero-order valence-corrected chi connectivity index (χ0v) is 17.8. The van der Waals surface area contributed by atoms with E-state index in [1.165, 1.54) is 48.8 Å². The first-order chi connectivity index (χ1) is 13.6. The van der Waals surface area contributed by atoms with Crippen molar-refractivity contribution in [3.05, 3.63) is 53.9 Å². The van der Waals surface area contributed by atoms with Crippen LogP contribution in [0, 0.1) is 5.92 Å². The molecule has 0 radical (unpaired) electrons. The van der Waals surface area contributed by atoms with Gasteiger partial charge in [0, 0.05) is 24.5 Å². The first-order valence-electron chi connectivity index (χ1n) is 10.6. The number of carbonyl (C=O) groups excluding carboxylic acids is 1. The lowest BCUT2D eigenvalue weighted by Gasteiger charge is -2.27. The highest BCUT2D eigenvalue weighted by atomic mass is 32.2. The summed E-state index contributed by atoms with van der Waals surface area (Å²) in [5, 5.41) is 0.0663. The summed E-state index contributed by atoms with van der Waals surface area (Å²) < 4.78 is 0. The molecule has 0 bridgehead atoms. The fourth-order valence-electron chi connectivity index (χ4n) is 4.54. The fraction of sp³-hybridized carbons (Fsp3) is 0.500. The number of thioether (sulfide) groups is 1. The number of pyridine rings is 1. The predicted octanol–water partition coefficient (Wildman–Crippen LogP) is 6.03. The van der Waals surface area contributed by atoms with E-state index in [0.29, 0.717) is 11.7 Å². The first-order valence-corrected chi connectivity index (χ1v) is 11.6. The van der Waals surface area contributed by atoms with Crippen molar-refractivity contribution >= 4 is 17.7 Å². The van der Waals surface area contributed by atoms with Gasteiger partial charge in [-0.2, -0.15) is 0 Å². The third kappa shape index (κ3) is 4.12. The molecule has 1 saturated heterocycles. The highest BCUT2D eigenvalue weighted by Gasteiger charge is 2.34. The molecule has 1 aromatic heterocycles. The zero-order valence-electron chi connectivity index (χ0n) is 16.9. The van der Waals surface area contributed by atoms with Crippen LogP contribution in [0.25, 0.3) is 11.1 Å². The van der Waals surface area contributed by atoms with Gasteiger partial charge in [-0.15, -0.1) is 11.8 Å². The van der Waals surface area contributed by atoms with Crippen LogP contribution in [0.5, 0.6) is 0 Å². The lowest BCUT2D eigenvalue weighted by Crippen LogP contribution is -2.31. The maximum atomic E-state index is 12.4. The number of amides is 1. The third-order valence-electron chi connectivity index (χ3n) is 5.95. The van der Waals surface area contributed by atoms with Crippen molar-refractivity contribution in [3.8, 4) is 11.1 Å². The van der Waals surface area contributed by atoms with E-state index in [-0.39, 0.29) is 11.3 Å². The molecule has 0 spiro atoms. The number of benzene rings is 1. The Bertz CT molecular complexity index is 812. The van der Waals surface area contributed by atoms with E-state index < -0.39 is 0 Å². The van der Waals surface area contributed by atoms with Crippen LogP contribution >= 0.6 is 11.8 Å². The second kappa shape index (κ2) is 8.69. The Morgan fingerprint density at radius 3 is 2.57 bits per heavy atom. The molecule has 2 fully saturated rings. The van der Waals surface area contributed by atoms with Crippen molar-refractivity contribution < 1.29 is 4.79 Å². The third-order valence-corrected chi connectivity index (χ3v) is 7.18. The van der Waals surface area contributed by atoms with Crippen molar-refractivity contribution in [1.29, 1.82) is 0 Å². The summed E-state index contributed by atoms with van der Waals surface area (Å²) in [4.78, 5) is 18.9. The maximum Gasteiger partial charge on any atom is 0.233 e. The second-order valence-corrected chi connectivity index (χ2v) is 9.59. The van der Waals surface area contributed by atoms with Gasteiger partial charge in [-0.1, -0.05) is 57.4 Å². The summed E-state index contributed by atoms with van der Waals surface area (Å²) in [7, 11) is 0. The van der Waals surface area contributed by atoms with E-state index in [4.69, 9.17) is 0 Å². The van der Waals surface area contributed by atoms with Gasteiger partial charge in [0.05, 0.1) is 5.75 Å². The van der Waals surface area contributed by atoms with Crippen LogP contribution in [0.15, 0.2) is 42.7 Å². The molecule has 1 unspecified atom stereocenters. The number of hydrogen-bond acceptors (Lipinski definition) is 3. The molecule has 1 saturated carbocycles. The standard InChI is InChI=1S/C24H30N2OS/c1-17(2)15-26-23(27)16-28-24(26)22-14-25-13-12-21(22)20-10-8-19(9-11-20)18-6-4-3-5-7-18/h8-14,17-18,24H,3-7,15-16H2,1-2H3. The summed E-state index contributed by atoms with van der Waals surface area (Å²) in [5.74, 6) is 1.99. The number of hydrogen-bond donors (Lipinski definition) is 0. The van der Waals surface area contributed by atoms with Gasteiger partial charge >= 0.3 is 0 Å².